The van der Waals surface area contributed by atoms with E-state index in [-0.39, 0.29) is 0 Å². The molecular formula is C17H28ClN. The number of hydrogen-bond donors (Lipinski definition) is 1. The van der Waals surface area contributed by atoms with Crippen molar-refractivity contribution in [3.05, 3.63) is 34.9 Å². The zero-order valence-electron chi connectivity index (χ0n) is 12.6. The lowest BCUT2D eigenvalue weighted by Gasteiger charge is -2.25. The molecule has 1 N–H and O–H groups in total. The van der Waals surface area contributed by atoms with Gasteiger partial charge >= 0.3 is 0 Å². The minimum absolute atomic E-state index is 0.423. The molecule has 0 aromatic heterocycles. The van der Waals surface area contributed by atoms with E-state index < -0.39 is 0 Å². The van der Waals surface area contributed by atoms with E-state index in [1.54, 1.807) is 0 Å². The molecule has 0 aliphatic rings. The number of nitrogens with one attached hydrogen (secondary N) is 1. The van der Waals surface area contributed by atoms with Crippen molar-refractivity contribution >= 4 is 11.6 Å². The number of rotatable bonds is 9. The van der Waals surface area contributed by atoms with Gasteiger partial charge in [-0.2, -0.15) is 0 Å². The van der Waals surface area contributed by atoms with Crippen LogP contribution in [0.15, 0.2) is 24.3 Å². The SMILES string of the molecule is CCCCC(CCC)NC(CC)c1cccc(Cl)c1. The maximum absolute atomic E-state index is 6.10. The zero-order valence-corrected chi connectivity index (χ0v) is 13.3. The molecule has 0 radical (unpaired) electrons. The first-order chi connectivity index (χ1) is 9.21. The van der Waals surface area contributed by atoms with E-state index in [0.717, 1.165) is 11.4 Å². The third-order valence-corrected chi connectivity index (χ3v) is 3.87. The summed E-state index contributed by atoms with van der Waals surface area (Å²) in [7, 11) is 0. The second-order valence-corrected chi connectivity index (χ2v) is 5.75. The first-order valence-corrected chi connectivity index (χ1v) is 8.10. The summed E-state index contributed by atoms with van der Waals surface area (Å²) in [6.45, 7) is 6.76. The molecule has 0 bridgehead atoms. The summed E-state index contributed by atoms with van der Waals surface area (Å²) in [6, 6.07) is 9.31. The Morgan fingerprint density at radius 2 is 1.89 bits per heavy atom. The van der Waals surface area contributed by atoms with E-state index >= 15 is 0 Å². The Balaban J connectivity index is 2.67. The van der Waals surface area contributed by atoms with Crippen LogP contribution in [0.5, 0.6) is 0 Å². The molecule has 0 heterocycles. The molecule has 0 aliphatic heterocycles. The molecule has 0 saturated heterocycles. The van der Waals surface area contributed by atoms with Gasteiger partial charge in [0.15, 0.2) is 0 Å². The summed E-state index contributed by atoms with van der Waals surface area (Å²) in [4.78, 5) is 0. The maximum atomic E-state index is 6.10. The number of halogens is 1. The number of hydrogen-bond acceptors (Lipinski definition) is 1. The summed E-state index contributed by atoms with van der Waals surface area (Å²) in [5, 5.41) is 4.66. The number of benzene rings is 1. The minimum Gasteiger partial charge on any atom is -0.307 e. The van der Waals surface area contributed by atoms with Crippen LogP contribution >= 0.6 is 11.6 Å². The van der Waals surface area contributed by atoms with E-state index in [1.165, 1.54) is 37.7 Å². The lowest BCUT2D eigenvalue weighted by Crippen LogP contribution is -2.32. The third-order valence-electron chi connectivity index (χ3n) is 3.64. The van der Waals surface area contributed by atoms with E-state index in [9.17, 15) is 0 Å². The minimum atomic E-state index is 0.423. The molecule has 1 rings (SSSR count). The smallest absolute Gasteiger partial charge is 0.0409 e. The van der Waals surface area contributed by atoms with Gasteiger partial charge in [0.2, 0.25) is 0 Å². The molecule has 1 aromatic carbocycles. The molecule has 1 nitrogen and oxygen atoms in total. The fourth-order valence-corrected chi connectivity index (χ4v) is 2.77. The zero-order chi connectivity index (χ0) is 14.1. The second kappa shape index (κ2) is 9.39. The predicted molar refractivity (Wildman–Crippen MR) is 85.8 cm³/mol. The van der Waals surface area contributed by atoms with Crippen LogP contribution in [0, 0.1) is 0 Å². The third kappa shape index (κ3) is 5.97. The summed E-state index contributed by atoms with van der Waals surface area (Å²) >= 11 is 6.10. The van der Waals surface area contributed by atoms with Crippen molar-refractivity contribution in [2.24, 2.45) is 0 Å². The maximum Gasteiger partial charge on any atom is 0.0409 e. The van der Waals surface area contributed by atoms with Gasteiger partial charge in [0.25, 0.3) is 0 Å². The molecule has 2 atom stereocenters. The van der Waals surface area contributed by atoms with Gasteiger partial charge in [-0.15, -0.1) is 0 Å². The molecule has 0 aliphatic carbocycles. The van der Waals surface area contributed by atoms with Gasteiger partial charge in [-0.1, -0.05) is 63.8 Å². The first-order valence-electron chi connectivity index (χ1n) is 7.72. The van der Waals surface area contributed by atoms with Crippen LogP contribution < -0.4 is 5.32 Å². The van der Waals surface area contributed by atoms with Crippen LogP contribution in [0.3, 0.4) is 0 Å². The fourth-order valence-electron chi connectivity index (χ4n) is 2.57. The van der Waals surface area contributed by atoms with Crippen molar-refractivity contribution in [3.8, 4) is 0 Å². The Kier molecular flexibility index (Phi) is 8.16. The van der Waals surface area contributed by atoms with E-state index in [0.29, 0.717) is 12.1 Å². The van der Waals surface area contributed by atoms with Crippen molar-refractivity contribution in [1.82, 2.24) is 5.32 Å². The molecule has 0 spiro atoms. The van der Waals surface area contributed by atoms with Gasteiger partial charge in [0.05, 0.1) is 0 Å². The highest BCUT2D eigenvalue weighted by Crippen LogP contribution is 2.22. The summed E-state index contributed by atoms with van der Waals surface area (Å²) < 4.78 is 0. The van der Waals surface area contributed by atoms with Crippen LogP contribution in [-0.2, 0) is 0 Å². The van der Waals surface area contributed by atoms with E-state index in [2.05, 4.69) is 38.2 Å². The van der Waals surface area contributed by atoms with Gasteiger partial charge < -0.3 is 5.32 Å². The van der Waals surface area contributed by atoms with Crippen LogP contribution in [0.4, 0.5) is 0 Å². The van der Waals surface area contributed by atoms with Crippen molar-refractivity contribution in [1.29, 1.82) is 0 Å². The van der Waals surface area contributed by atoms with Gasteiger partial charge in [-0.05, 0) is 37.0 Å². The molecule has 0 saturated carbocycles. The summed E-state index contributed by atoms with van der Waals surface area (Å²) in [6.07, 6.45) is 7.47. The Morgan fingerprint density at radius 1 is 1.11 bits per heavy atom. The van der Waals surface area contributed by atoms with Gasteiger partial charge in [-0.3, -0.25) is 0 Å². The van der Waals surface area contributed by atoms with E-state index in [4.69, 9.17) is 11.6 Å². The Hall–Kier alpha value is -0.530. The van der Waals surface area contributed by atoms with Crippen LogP contribution in [0.25, 0.3) is 0 Å². The predicted octanol–water partition coefficient (Wildman–Crippen LogP) is 5.74. The fraction of sp³-hybridized carbons (Fsp3) is 0.647. The Morgan fingerprint density at radius 3 is 2.47 bits per heavy atom. The van der Waals surface area contributed by atoms with E-state index in [1.807, 2.05) is 12.1 Å². The van der Waals surface area contributed by atoms with Crippen molar-refractivity contribution in [2.75, 3.05) is 0 Å². The van der Waals surface area contributed by atoms with Crippen molar-refractivity contribution in [3.63, 3.8) is 0 Å². The number of unbranched alkanes of at least 4 members (excludes halogenated alkanes) is 1. The molecule has 0 amide bonds. The molecule has 2 unspecified atom stereocenters. The average molecular weight is 282 g/mol. The second-order valence-electron chi connectivity index (χ2n) is 5.31. The molecule has 0 fully saturated rings. The average Bonchev–Trinajstić information content (AvgIpc) is 2.41. The van der Waals surface area contributed by atoms with Gasteiger partial charge in [0, 0.05) is 17.1 Å². The standard InChI is InChI=1S/C17H28ClN/c1-4-7-12-16(9-5-2)19-17(6-3)14-10-8-11-15(18)13-14/h8,10-11,13,16-17,19H,4-7,9,12H2,1-3H3. The molecule has 2 heteroatoms. The molecule has 108 valence electrons. The lowest BCUT2D eigenvalue weighted by atomic mass is 9.99. The lowest BCUT2D eigenvalue weighted by molar-refractivity contribution is 0.377. The van der Waals surface area contributed by atoms with Crippen LogP contribution in [0.1, 0.15) is 70.9 Å². The highest BCUT2D eigenvalue weighted by Gasteiger charge is 2.15. The molecular weight excluding hydrogens is 254 g/mol. The van der Waals surface area contributed by atoms with Crippen molar-refractivity contribution < 1.29 is 0 Å². The molecule has 1 aromatic rings. The summed E-state index contributed by atoms with van der Waals surface area (Å²) in [5.41, 5.74) is 1.31. The highest BCUT2D eigenvalue weighted by molar-refractivity contribution is 6.30. The van der Waals surface area contributed by atoms with Crippen LogP contribution in [0.2, 0.25) is 5.02 Å². The van der Waals surface area contributed by atoms with Gasteiger partial charge in [0.1, 0.15) is 0 Å². The monoisotopic (exact) mass is 281 g/mol. The topological polar surface area (TPSA) is 12.0 Å². The Bertz CT molecular complexity index is 351. The van der Waals surface area contributed by atoms with Crippen LogP contribution in [-0.4, -0.2) is 6.04 Å². The normalized spacial score (nSPS) is 14.3. The molecule has 19 heavy (non-hydrogen) atoms. The summed E-state index contributed by atoms with van der Waals surface area (Å²) in [5.74, 6) is 0. The van der Waals surface area contributed by atoms with Gasteiger partial charge in [-0.25, -0.2) is 0 Å². The Labute approximate surface area is 123 Å². The first kappa shape index (κ1) is 16.5. The highest BCUT2D eigenvalue weighted by atomic mass is 35.5. The quantitative estimate of drug-likeness (QED) is 0.608. The van der Waals surface area contributed by atoms with Crippen molar-refractivity contribution in [2.45, 2.75) is 71.4 Å². The largest absolute Gasteiger partial charge is 0.307 e.